The summed E-state index contributed by atoms with van der Waals surface area (Å²) < 4.78 is 5.52. The molecule has 1 rings (SSSR count). The van der Waals surface area contributed by atoms with Crippen molar-refractivity contribution in [1.29, 1.82) is 0 Å². The number of morpholine rings is 1. The van der Waals surface area contributed by atoms with Crippen molar-refractivity contribution in [1.82, 2.24) is 4.90 Å². The van der Waals surface area contributed by atoms with E-state index in [2.05, 4.69) is 18.7 Å². The number of nitrogens with zero attached hydrogens (tertiary/aromatic N) is 1. The summed E-state index contributed by atoms with van der Waals surface area (Å²) in [6, 6.07) is 0.508. The van der Waals surface area contributed by atoms with E-state index in [1.807, 2.05) is 0 Å². The Balaban J connectivity index is 2.13. The lowest BCUT2D eigenvalue weighted by atomic mass is 10.1. The van der Waals surface area contributed by atoms with Gasteiger partial charge in [-0.2, -0.15) is 0 Å². The van der Waals surface area contributed by atoms with Gasteiger partial charge in [0.15, 0.2) is 0 Å². The molecule has 1 aliphatic rings. The van der Waals surface area contributed by atoms with E-state index < -0.39 is 0 Å². The standard InChI is InChI=1S/C13H27NO2/c1-3-4-5-6-7-8-14-9-13(10-15)16-11-12(14)2/h12-13,15H,3-11H2,1-2H3. The summed E-state index contributed by atoms with van der Waals surface area (Å²) >= 11 is 0. The first-order chi connectivity index (χ1) is 7.77. The highest BCUT2D eigenvalue weighted by molar-refractivity contribution is 4.76. The predicted molar refractivity (Wildman–Crippen MR) is 66.6 cm³/mol. The molecule has 0 aromatic rings. The lowest BCUT2D eigenvalue weighted by Crippen LogP contribution is -2.49. The van der Waals surface area contributed by atoms with Crippen molar-refractivity contribution >= 4 is 0 Å². The minimum Gasteiger partial charge on any atom is -0.394 e. The lowest BCUT2D eigenvalue weighted by Gasteiger charge is -2.37. The molecule has 3 heteroatoms. The molecule has 96 valence electrons. The quantitative estimate of drug-likeness (QED) is 0.678. The molecular weight excluding hydrogens is 202 g/mol. The van der Waals surface area contributed by atoms with Crippen LogP contribution in [0.5, 0.6) is 0 Å². The smallest absolute Gasteiger partial charge is 0.0933 e. The van der Waals surface area contributed by atoms with Crippen molar-refractivity contribution in [3.63, 3.8) is 0 Å². The number of aliphatic hydroxyl groups excluding tert-OH is 1. The van der Waals surface area contributed by atoms with Gasteiger partial charge in [-0.1, -0.05) is 32.6 Å². The minimum atomic E-state index is 0.0341. The number of ether oxygens (including phenoxy) is 1. The zero-order chi connectivity index (χ0) is 11.8. The number of unbranched alkanes of at least 4 members (excludes halogenated alkanes) is 4. The van der Waals surface area contributed by atoms with Gasteiger partial charge in [-0.3, -0.25) is 4.90 Å². The Morgan fingerprint density at radius 1 is 1.25 bits per heavy atom. The van der Waals surface area contributed by atoms with Gasteiger partial charge in [0.2, 0.25) is 0 Å². The van der Waals surface area contributed by atoms with Crippen molar-refractivity contribution in [3.05, 3.63) is 0 Å². The Labute approximate surface area is 99.8 Å². The van der Waals surface area contributed by atoms with Gasteiger partial charge in [0.05, 0.1) is 19.3 Å². The van der Waals surface area contributed by atoms with Crippen molar-refractivity contribution in [2.75, 3.05) is 26.3 Å². The monoisotopic (exact) mass is 229 g/mol. The summed E-state index contributed by atoms with van der Waals surface area (Å²) in [4.78, 5) is 2.45. The van der Waals surface area contributed by atoms with Crippen LogP contribution in [0.25, 0.3) is 0 Å². The molecule has 1 saturated heterocycles. The van der Waals surface area contributed by atoms with Crippen LogP contribution in [0.1, 0.15) is 46.0 Å². The van der Waals surface area contributed by atoms with E-state index >= 15 is 0 Å². The minimum absolute atomic E-state index is 0.0341. The van der Waals surface area contributed by atoms with Crippen molar-refractivity contribution in [3.8, 4) is 0 Å². The highest BCUT2D eigenvalue weighted by atomic mass is 16.5. The van der Waals surface area contributed by atoms with Crippen LogP contribution in [-0.4, -0.2) is 48.5 Å². The van der Waals surface area contributed by atoms with Crippen LogP contribution < -0.4 is 0 Å². The molecular formula is C13H27NO2. The molecule has 1 fully saturated rings. The summed E-state index contributed by atoms with van der Waals surface area (Å²) in [6.07, 6.45) is 6.67. The molecule has 0 amide bonds. The van der Waals surface area contributed by atoms with Crippen LogP contribution in [-0.2, 0) is 4.74 Å². The number of hydrogen-bond acceptors (Lipinski definition) is 3. The zero-order valence-corrected chi connectivity index (χ0v) is 10.8. The maximum absolute atomic E-state index is 9.08. The molecule has 1 N–H and O–H groups in total. The molecule has 0 spiro atoms. The summed E-state index contributed by atoms with van der Waals surface area (Å²) in [5, 5.41) is 9.08. The molecule has 0 aromatic heterocycles. The summed E-state index contributed by atoms with van der Waals surface area (Å²) in [5.74, 6) is 0. The molecule has 1 aliphatic heterocycles. The van der Waals surface area contributed by atoms with Crippen molar-refractivity contribution in [2.45, 2.75) is 58.1 Å². The fourth-order valence-corrected chi connectivity index (χ4v) is 2.22. The highest BCUT2D eigenvalue weighted by Gasteiger charge is 2.24. The molecule has 16 heavy (non-hydrogen) atoms. The van der Waals surface area contributed by atoms with Gasteiger partial charge in [0, 0.05) is 12.6 Å². The Morgan fingerprint density at radius 3 is 2.69 bits per heavy atom. The fourth-order valence-electron chi connectivity index (χ4n) is 2.22. The molecule has 0 radical (unpaired) electrons. The summed E-state index contributed by atoms with van der Waals surface area (Å²) in [7, 11) is 0. The Kier molecular flexibility index (Phi) is 7.01. The van der Waals surface area contributed by atoms with Crippen LogP contribution in [0.4, 0.5) is 0 Å². The van der Waals surface area contributed by atoms with E-state index in [-0.39, 0.29) is 12.7 Å². The SMILES string of the molecule is CCCCCCCN1CC(CO)OCC1C. The lowest BCUT2D eigenvalue weighted by molar-refractivity contribution is -0.0779. The Morgan fingerprint density at radius 2 is 2.00 bits per heavy atom. The Hall–Kier alpha value is -0.120. The predicted octanol–water partition coefficient (Wildman–Crippen LogP) is 2.04. The van der Waals surface area contributed by atoms with E-state index in [0.717, 1.165) is 19.7 Å². The second-order valence-corrected chi connectivity index (χ2v) is 4.90. The van der Waals surface area contributed by atoms with Gasteiger partial charge < -0.3 is 9.84 Å². The largest absolute Gasteiger partial charge is 0.394 e. The average Bonchev–Trinajstić information content (AvgIpc) is 2.31. The first-order valence-corrected chi connectivity index (χ1v) is 6.74. The van der Waals surface area contributed by atoms with E-state index in [4.69, 9.17) is 9.84 Å². The Bertz CT molecular complexity index is 175. The average molecular weight is 229 g/mol. The van der Waals surface area contributed by atoms with Gasteiger partial charge >= 0.3 is 0 Å². The zero-order valence-electron chi connectivity index (χ0n) is 10.8. The molecule has 0 aromatic carbocycles. The van der Waals surface area contributed by atoms with Crippen LogP contribution in [0.15, 0.2) is 0 Å². The van der Waals surface area contributed by atoms with Gasteiger partial charge in [-0.15, -0.1) is 0 Å². The highest BCUT2D eigenvalue weighted by Crippen LogP contribution is 2.13. The molecule has 3 nitrogen and oxygen atoms in total. The van der Waals surface area contributed by atoms with Crippen molar-refractivity contribution in [2.24, 2.45) is 0 Å². The van der Waals surface area contributed by atoms with Crippen LogP contribution >= 0.6 is 0 Å². The molecule has 0 bridgehead atoms. The topological polar surface area (TPSA) is 32.7 Å². The third-order valence-corrected chi connectivity index (χ3v) is 3.39. The van der Waals surface area contributed by atoms with E-state index in [1.165, 1.54) is 32.1 Å². The van der Waals surface area contributed by atoms with Gasteiger partial charge in [0.1, 0.15) is 0 Å². The normalized spacial score (nSPS) is 27.2. The van der Waals surface area contributed by atoms with Crippen molar-refractivity contribution < 1.29 is 9.84 Å². The molecule has 2 unspecified atom stereocenters. The third-order valence-electron chi connectivity index (χ3n) is 3.39. The number of hydrogen-bond donors (Lipinski definition) is 1. The van der Waals surface area contributed by atoms with E-state index in [1.54, 1.807) is 0 Å². The molecule has 0 aliphatic carbocycles. The van der Waals surface area contributed by atoms with Crippen LogP contribution in [0.2, 0.25) is 0 Å². The van der Waals surface area contributed by atoms with Gasteiger partial charge in [-0.25, -0.2) is 0 Å². The van der Waals surface area contributed by atoms with Crippen LogP contribution in [0.3, 0.4) is 0 Å². The molecule has 2 atom stereocenters. The first kappa shape index (κ1) is 13.9. The fraction of sp³-hybridized carbons (Fsp3) is 1.00. The second-order valence-electron chi connectivity index (χ2n) is 4.90. The van der Waals surface area contributed by atoms with E-state index in [9.17, 15) is 0 Å². The maximum Gasteiger partial charge on any atom is 0.0933 e. The third kappa shape index (κ3) is 4.81. The molecule has 1 heterocycles. The van der Waals surface area contributed by atoms with E-state index in [0.29, 0.717) is 6.04 Å². The van der Waals surface area contributed by atoms with Crippen LogP contribution in [0, 0.1) is 0 Å². The second kappa shape index (κ2) is 8.04. The van der Waals surface area contributed by atoms with Gasteiger partial charge in [0.25, 0.3) is 0 Å². The number of rotatable bonds is 7. The maximum atomic E-state index is 9.08. The first-order valence-electron chi connectivity index (χ1n) is 6.74. The van der Waals surface area contributed by atoms with Gasteiger partial charge in [-0.05, 0) is 19.9 Å². The molecule has 0 saturated carbocycles. The summed E-state index contributed by atoms with van der Waals surface area (Å²) in [6.45, 7) is 7.42. The summed E-state index contributed by atoms with van der Waals surface area (Å²) in [5.41, 5.74) is 0. The number of aliphatic hydroxyl groups is 1.